The lowest BCUT2D eigenvalue weighted by molar-refractivity contribution is 0.816. The fraction of sp³-hybridized carbons (Fsp3) is 0.250. The van der Waals surface area contributed by atoms with Crippen molar-refractivity contribution in [2.45, 2.75) is 13.3 Å². The Morgan fingerprint density at radius 2 is 1.94 bits per heavy atom. The van der Waals surface area contributed by atoms with Crippen molar-refractivity contribution in [2.24, 2.45) is 7.05 Å². The first kappa shape index (κ1) is 11.2. The first-order chi connectivity index (χ1) is 7.63. The zero-order valence-corrected chi connectivity index (χ0v) is 11.0. The molecule has 0 aliphatic carbocycles. The second-order valence-electron chi connectivity index (χ2n) is 3.68. The van der Waals surface area contributed by atoms with Crippen LogP contribution in [-0.2, 0) is 13.5 Å². The molecule has 0 atom stereocenters. The molecule has 3 nitrogen and oxygen atoms in total. The van der Waals surface area contributed by atoms with E-state index in [0.29, 0.717) is 0 Å². The van der Waals surface area contributed by atoms with Crippen LogP contribution < -0.4 is 5.73 Å². The molecule has 0 radical (unpaired) electrons. The van der Waals surface area contributed by atoms with Crippen LogP contribution in [0.5, 0.6) is 0 Å². The number of benzene rings is 1. The number of aromatic nitrogens is 2. The van der Waals surface area contributed by atoms with Gasteiger partial charge in [-0.3, -0.25) is 0 Å². The van der Waals surface area contributed by atoms with Gasteiger partial charge in [0.05, 0.1) is 0 Å². The highest BCUT2D eigenvalue weighted by Gasteiger charge is 2.12. The van der Waals surface area contributed by atoms with Gasteiger partial charge in [-0.2, -0.15) is 0 Å². The van der Waals surface area contributed by atoms with Crippen molar-refractivity contribution in [1.29, 1.82) is 0 Å². The largest absolute Gasteiger partial charge is 0.383 e. The third kappa shape index (κ3) is 1.85. The number of nitrogen functional groups attached to an aromatic ring is 1. The van der Waals surface area contributed by atoms with E-state index in [1.165, 1.54) is 0 Å². The van der Waals surface area contributed by atoms with Gasteiger partial charge < -0.3 is 10.3 Å². The summed E-state index contributed by atoms with van der Waals surface area (Å²) in [7, 11) is 1.95. The van der Waals surface area contributed by atoms with E-state index < -0.39 is 0 Å². The van der Waals surface area contributed by atoms with Gasteiger partial charge in [-0.25, -0.2) is 4.98 Å². The van der Waals surface area contributed by atoms with Gasteiger partial charge in [0.25, 0.3) is 0 Å². The van der Waals surface area contributed by atoms with Gasteiger partial charge in [0.1, 0.15) is 17.3 Å². The Balaban J connectivity index is 2.52. The smallest absolute Gasteiger partial charge is 0.131 e. The molecule has 2 aromatic rings. The molecule has 0 unspecified atom stereocenters. The average Bonchev–Trinajstić information content (AvgIpc) is 2.57. The number of hydrogen-bond acceptors (Lipinski definition) is 2. The first-order valence-electron chi connectivity index (χ1n) is 5.20. The Kier molecular flexibility index (Phi) is 3.01. The summed E-state index contributed by atoms with van der Waals surface area (Å²) in [6, 6.07) is 8.02. The molecule has 2 N–H and O–H groups in total. The van der Waals surface area contributed by atoms with E-state index in [9.17, 15) is 0 Å². The van der Waals surface area contributed by atoms with Crippen LogP contribution in [0.4, 0.5) is 5.82 Å². The number of halogens is 1. The molecule has 2 rings (SSSR count). The average molecular weight is 280 g/mol. The minimum absolute atomic E-state index is 0.721. The zero-order valence-electron chi connectivity index (χ0n) is 9.37. The maximum absolute atomic E-state index is 6.04. The minimum Gasteiger partial charge on any atom is -0.383 e. The summed E-state index contributed by atoms with van der Waals surface area (Å²) in [5, 5.41) is 0. The number of hydrogen-bond donors (Lipinski definition) is 1. The number of nitrogens with zero attached hydrogens (tertiary/aromatic N) is 2. The Bertz CT molecular complexity index is 500. The normalized spacial score (nSPS) is 10.7. The molecule has 0 aliphatic rings. The predicted octanol–water partition coefficient (Wildman–Crippen LogP) is 2.99. The SMILES string of the molecule is CCc1nc(-c2ccc(Br)cc2)c(N)n1C. The Morgan fingerprint density at radius 3 is 2.44 bits per heavy atom. The quantitative estimate of drug-likeness (QED) is 0.919. The van der Waals surface area contributed by atoms with Crippen LogP contribution >= 0.6 is 15.9 Å². The van der Waals surface area contributed by atoms with Crippen molar-refractivity contribution in [2.75, 3.05) is 5.73 Å². The molecule has 1 aromatic carbocycles. The van der Waals surface area contributed by atoms with E-state index in [1.54, 1.807) is 0 Å². The van der Waals surface area contributed by atoms with Gasteiger partial charge >= 0.3 is 0 Å². The Labute approximate surface area is 103 Å². The fourth-order valence-corrected chi connectivity index (χ4v) is 1.96. The summed E-state index contributed by atoms with van der Waals surface area (Å²) in [6.07, 6.45) is 0.886. The third-order valence-corrected chi connectivity index (χ3v) is 3.19. The van der Waals surface area contributed by atoms with Gasteiger partial charge in [0.2, 0.25) is 0 Å². The van der Waals surface area contributed by atoms with Crippen LogP contribution in [0.1, 0.15) is 12.7 Å². The molecule has 0 bridgehead atoms. The van der Waals surface area contributed by atoms with Gasteiger partial charge in [0, 0.05) is 23.5 Å². The van der Waals surface area contributed by atoms with Crippen LogP contribution in [0.25, 0.3) is 11.3 Å². The lowest BCUT2D eigenvalue weighted by atomic mass is 10.1. The molecule has 84 valence electrons. The molecule has 0 spiro atoms. The van der Waals surface area contributed by atoms with E-state index in [0.717, 1.165) is 33.8 Å². The van der Waals surface area contributed by atoms with Crippen molar-refractivity contribution in [3.8, 4) is 11.3 Å². The molecule has 4 heteroatoms. The van der Waals surface area contributed by atoms with Crippen LogP contribution in [0, 0.1) is 0 Å². The van der Waals surface area contributed by atoms with Crippen molar-refractivity contribution < 1.29 is 0 Å². The number of rotatable bonds is 2. The molecule has 0 aliphatic heterocycles. The molecule has 1 aromatic heterocycles. The molecule has 0 amide bonds. The zero-order chi connectivity index (χ0) is 11.7. The van der Waals surface area contributed by atoms with Gasteiger partial charge in [-0.15, -0.1) is 0 Å². The first-order valence-corrected chi connectivity index (χ1v) is 5.99. The predicted molar refractivity (Wildman–Crippen MR) is 70.1 cm³/mol. The fourth-order valence-electron chi connectivity index (χ4n) is 1.70. The van der Waals surface area contributed by atoms with Crippen LogP contribution in [-0.4, -0.2) is 9.55 Å². The van der Waals surface area contributed by atoms with E-state index in [-0.39, 0.29) is 0 Å². The van der Waals surface area contributed by atoms with E-state index in [2.05, 4.69) is 27.8 Å². The highest BCUT2D eigenvalue weighted by Crippen LogP contribution is 2.26. The number of nitrogens with two attached hydrogens (primary N) is 1. The molecular formula is C12H14BrN3. The maximum atomic E-state index is 6.04. The van der Waals surface area contributed by atoms with Crippen molar-refractivity contribution in [3.63, 3.8) is 0 Å². The van der Waals surface area contributed by atoms with Crippen molar-refractivity contribution >= 4 is 21.7 Å². The molecule has 0 fully saturated rings. The van der Waals surface area contributed by atoms with Crippen molar-refractivity contribution in [3.05, 3.63) is 34.6 Å². The third-order valence-electron chi connectivity index (χ3n) is 2.67. The molecule has 0 saturated heterocycles. The summed E-state index contributed by atoms with van der Waals surface area (Å²) in [6.45, 7) is 2.08. The van der Waals surface area contributed by atoms with E-state index in [4.69, 9.17) is 5.73 Å². The van der Waals surface area contributed by atoms with E-state index in [1.807, 2.05) is 35.9 Å². The second kappa shape index (κ2) is 4.29. The van der Waals surface area contributed by atoms with Gasteiger partial charge in [-0.1, -0.05) is 35.0 Å². The van der Waals surface area contributed by atoms with Gasteiger partial charge in [-0.05, 0) is 12.1 Å². The lowest BCUT2D eigenvalue weighted by Gasteiger charge is -2.00. The number of imidazole rings is 1. The van der Waals surface area contributed by atoms with Gasteiger partial charge in [0.15, 0.2) is 0 Å². The topological polar surface area (TPSA) is 43.8 Å². The number of anilines is 1. The minimum atomic E-state index is 0.721. The molecule has 0 saturated carbocycles. The maximum Gasteiger partial charge on any atom is 0.131 e. The highest BCUT2D eigenvalue weighted by atomic mass is 79.9. The summed E-state index contributed by atoms with van der Waals surface area (Å²) >= 11 is 3.41. The summed E-state index contributed by atoms with van der Waals surface area (Å²) in [5.41, 5.74) is 7.96. The summed E-state index contributed by atoms with van der Waals surface area (Å²) in [4.78, 5) is 4.55. The standard InChI is InChI=1S/C12H14BrN3/c1-3-10-15-11(12(14)16(10)2)8-4-6-9(13)7-5-8/h4-7H,3,14H2,1-2H3. The molecule has 1 heterocycles. The summed E-state index contributed by atoms with van der Waals surface area (Å²) < 4.78 is 3.00. The van der Waals surface area contributed by atoms with Crippen LogP contribution in [0.2, 0.25) is 0 Å². The Morgan fingerprint density at radius 1 is 1.31 bits per heavy atom. The molecule has 16 heavy (non-hydrogen) atoms. The van der Waals surface area contributed by atoms with E-state index >= 15 is 0 Å². The monoisotopic (exact) mass is 279 g/mol. The van der Waals surface area contributed by atoms with Crippen LogP contribution in [0.15, 0.2) is 28.7 Å². The summed E-state index contributed by atoms with van der Waals surface area (Å²) in [5.74, 6) is 1.73. The molecular weight excluding hydrogens is 266 g/mol. The Hall–Kier alpha value is -1.29. The number of aryl methyl sites for hydroxylation is 1. The lowest BCUT2D eigenvalue weighted by Crippen LogP contribution is -2.00. The van der Waals surface area contributed by atoms with Crippen molar-refractivity contribution in [1.82, 2.24) is 9.55 Å². The van der Waals surface area contributed by atoms with Crippen LogP contribution in [0.3, 0.4) is 0 Å². The highest BCUT2D eigenvalue weighted by molar-refractivity contribution is 9.10. The second-order valence-corrected chi connectivity index (χ2v) is 4.60.